The highest BCUT2D eigenvalue weighted by Gasteiger charge is 2.23. The molecule has 0 aliphatic rings. The molecular weight excluding hydrogens is 281 g/mol. The highest BCUT2D eigenvalue weighted by molar-refractivity contribution is 6.43. The van der Waals surface area contributed by atoms with Crippen molar-refractivity contribution in [2.75, 3.05) is 0 Å². The van der Waals surface area contributed by atoms with Gasteiger partial charge in [0.25, 0.3) is 0 Å². The van der Waals surface area contributed by atoms with Crippen molar-refractivity contribution < 1.29 is 28.5 Å². The number of aliphatic hydroxyl groups is 1. The first kappa shape index (κ1) is 14.0. The Labute approximate surface area is 104 Å². The Kier molecular flexibility index (Phi) is 4.50. The maximum atomic E-state index is 12.0. The first-order valence-electron chi connectivity index (χ1n) is 4.18. The number of aliphatic carboxylic acids is 1. The minimum absolute atomic E-state index is 0.203. The van der Waals surface area contributed by atoms with Crippen LogP contribution in [0.3, 0.4) is 0 Å². The number of rotatable bonds is 4. The predicted octanol–water partition coefficient (Wildman–Crippen LogP) is 2.71. The number of aliphatic hydroxyl groups excluding tert-OH is 1. The largest absolute Gasteiger partial charge is 0.479 e. The van der Waals surface area contributed by atoms with Crippen molar-refractivity contribution in [3.8, 4) is 5.75 Å². The van der Waals surface area contributed by atoms with Crippen LogP contribution in [0.2, 0.25) is 10.0 Å². The van der Waals surface area contributed by atoms with Gasteiger partial charge in [-0.1, -0.05) is 29.3 Å². The molecule has 0 aromatic heterocycles. The minimum Gasteiger partial charge on any atom is -0.479 e. The van der Waals surface area contributed by atoms with Crippen LogP contribution in [-0.4, -0.2) is 22.8 Å². The van der Waals surface area contributed by atoms with Crippen LogP contribution in [0.4, 0.5) is 8.78 Å². The number of halogens is 4. The second kappa shape index (κ2) is 5.48. The minimum atomic E-state index is -3.08. The van der Waals surface area contributed by atoms with Gasteiger partial charge in [-0.05, 0) is 6.07 Å². The Balaban J connectivity index is 3.14. The van der Waals surface area contributed by atoms with E-state index in [4.69, 9.17) is 28.3 Å². The van der Waals surface area contributed by atoms with Gasteiger partial charge in [-0.25, -0.2) is 4.79 Å². The molecule has 8 heteroatoms. The van der Waals surface area contributed by atoms with Gasteiger partial charge >= 0.3 is 12.6 Å². The van der Waals surface area contributed by atoms with E-state index in [2.05, 4.69) is 4.74 Å². The number of carbonyl (C=O) groups is 1. The van der Waals surface area contributed by atoms with Crippen molar-refractivity contribution >= 4 is 29.2 Å². The smallest absolute Gasteiger partial charge is 0.387 e. The van der Waals surface area contributed by atoms with Gasteiger partial charge in [-0.3, -0.25) is 0 Å². The SMILES string of the molecule is O=C(O)C(O)c1ccc(OC(F)F)c(Cl)c1Cl. The third kappa shape index (κ3) is 3.18. The fourth-order valence-corrected chi connectivity index (χ4v) is 1.55. The molecule has 0 heterocycles. The molecule has 1 aromatic carbocycles. The Bertz CT molecular complexity index is 439. The first-order chi connectivity index (χ1) is 7.84. The van der Waals surface area contributed by atoms with E-state index in [1.807, 2.05) is 0 Å². The summed E-state index contributed by atoms with van der Waals surface area (Å²) in [6.45, 7) is -3.08. The molecule has 0 saturated carbocycles. The zero-order chi connectivity index (χ0) is 13.2. The van der Waals surface area contributed by atoms with Gasteiger partial charge < -0.3 is 14.9 Å². The molecule has 0 aliphatic carbocycles. The molecule has 0 aliphatic heterocycles. The monoisotopic (exact) mass is 286 g/mol. The summed E-state index contributed by atoms with van der Waals surface area (Å²) in [5, 5.41) is 17.1. The maximum Gasteiger partial charge on any atom is 0.387 e. The molecule has 0 radical (unpaired) electrons. The van der Waals surface area contributed by atoms with E-state index in [1.54, 1.807) is 0 Å². The summed E-state index contributed by atoms with van der Waals surface area (Å²) in [6.07, 6.45) is -1.89. The summed E-state index contributed by atoms with van der Waals surface area (Å²) in [4.78, 5) is 10.5. The van der Waals surface area contributed by atoms with E-state index in [-0.39, 0.29) is 15.6 Å². The summed E-state index contributed by atoms with van der Waals surface area (Å²) in [5.41, 5.74) is -0.203. The molecule has 0 fully saturated rings. The Morgan fingerprint density at radius 3 is 2.35 bits per heavy atom. The fraction of sp³-hybridized carbons (Fsp3) is 0.222. The Morgan fingerprint density at radius 1 is 1.29 bits per heavy atom. The van der Waals surface area contributed by atoms with Crippen LogP contribution in [0.25, 0.3) is 0 Å². The zero-order valence-electron chi connectivity index (χ0n) is 8.03. The van der Waals surface area contributed by atoms with Gasteiger partial charge in [-0.15, -0.1) is 0 Å². The maximum absolute atomic E-state index is 12.0. The lowest BCUT2D eigenvalue weighted by Gasteiger charge is -2.12. The Hall–Kier alpha value is -1.11. The molecule has 0 bridgehead atoms. The number of carboxylic acids is 1. The average Bonchev–Trinajstić information content (AvgIpc) is 2.23. The molecule has 1 aromatic rings. The molecule has 1 rings (SSSR count). The second-order valence-electron chi connectivity index (χ2n) is 2.90. The third-order valence-electron chi connectivity index (χ3n) is 1.82. The standard InChI is InChI=1S/C9H6Cl2F2O4/c10-5-3(7(14)8(15)16)1-2-4(6(5)11)17-9(12)13/h1-2,7,9,14H,(H,15,16). The molecule has 4 nitrogen and oxygen atoms in total. The molecule has 94 valence electrons. The van der Waals surface area contributed by atoms with Gasteiger partial charge in [-0.2, -0.15) is 8.78 Å². The van der Waals surface area contributed by atoms with Crippen LogP contribution in [0.1, 0.15) is 11.7 Å². The lowest BCUT2D eigenvalue weighted by atomic mass is 10.1. The van der Waals surface area contributed by atoms with E-state index in [1.165, 1.54) is 0 Å². The van der Waals surface area contributed by atoms with Gasteiger partial charge in [0.1, 0.15) is 10.8 Å². The van der Waals surface area contributed by atoms with E-state index in [0.29, 0.717) is 0 Å². The van der Waals surface area contributed by atoms with Crippen molar-refractivity contribution in [1.82, 2.24) is 0 Å². The molecule has 0 saturated heterocycles. The summed E-state index contributed by atoms with van der Waals surface area (Å²) >= 11 is 11.2. The summed E-state index contributed by atoms with van der Waals surface area (Å²) in [7, 11) is 0. The first-order valence-corrected chi connectivity index (χ1v) is 4.93. The van der Waals surface area contributed by atoms with Gasteiger partial charge in [0.15, 0.2) is 6.10 Å². The number of hydrogen-bond acceptors (Lipinski definition) is 3. The van der Waals surface area contributed by atoms with E-state index >= 15 is 0 Å². The van der Waals surface area contributed by atoms with Crippen molar-refractivity contribution in [1.29, 1.82) is 0 Å². The van der Waals surface area contributed by atoms with Crippen LogP contribution in [0.15, 0.2) is 12.1 Å². The van der Waals surface area contributed by atoms with Crippen LogP contribution < -0.4 is 4.74 Å². The lowest BCUT2D eigenvalue weighted by molar-refractivity contribution is -0.146. The molecule has 0 spiro atoms. The number of hydrogen-bond donors (Lipinski definition) is 2. The van der Waals surface area contributed by atoms with Crippen molar-refractivity contribution in [3.05, 3.63) is 27.7 Å². The molecular formula is C9H6Cl2F2O4. The molecule has 2 N–H and O–H groups in total. The highest BCUT2D eigenvalue weighted by atomic mass is 35.5. The second-order valence-corrected chi connectivity index (χ2v) is 3.66. The normalized spacial score (nSPS) is 12.6. The highest BCUT2D eigenvalue weighted by Crippen LogP contribution is 2.37. The predicted molar refractivity (Wildman–Crippen MR) is 55.7 cm³/mol. The quantitative estimate of drug-likeness (QED) is 0.893. The van der Waals surface area contributed by atoms with Crippen molar-refractivity contribution in [2.45, 2.75) is 12.7 Å². The zero-order valence-corrected chi connectivity index (χ0v) is 9.54. The number of carboxylic acid groups (broad SMARTS) is 1. The van der Waals surface area contributed by atoms with E-state index in [0.717, 1.165) is 12.1 Å². The number of benzene rings is 1. The topological polar surface area (TPSA) is 66.8 Å². The van der Waals surface area contributed by atoms with Crippen LogP contribution >= 0.6 is 23.2 Å². The summed E-state index contributed by atoms with van der Waals surface area (Å²) in [5.74, 6) is -1.93. The van der Waals surface area contributed by atoms with Gasteiger partial charge in [0.2, 0.25) is 0 Å². The van der Waals surface area contributed by atoms with Gasteiger partial charge in [0, 0.05) is 5.56 Å². The number of ether oxygens (including phenoxy) is 1. The molecule has 17 heavy (non-hydrogen) atoms. The van der Waals surface area contributed by atoms with Gasteiger partial charge in [0.05, 0.1) is 5.02 Å². The average molecular weight is 287 g/mol. The Morgan fingerprint density at radius 2 is 1.88 bits per heavy atom. The van der Waals surface area contributed by atoms with Crippen LogP contribution in [0, 0.1) is 0 Å². The van der Waals surface area contributed by atoms with E-state index in [9.17, 15) is 18.7 Å². The van der Waals surface area contributed by atoms with E-state index < -0.39 is 24.4 Å². The summed E-state index contributed by atoms with van der Waals surface area (Å²) < 4.78 is 27.9. The molecule has 1 atom stereocenters. The molecule has 1 unspecified atom stereocenters. The van der Waals surface area contributed by atoms with Crippen molar-refractivity contribution in [2.24, 2.45) is 0 Å². The third-order valence-corrected chi connectivity index (χ3v) is 2.70. The summed E-state index contributed by atoms with van der Waals surface area (Å²) in [6, 6.07) is 2.05. The lowest BCUT2D eigenvalue weighted by Crippen LogP contribution is -2.11. The number of alkyl halides is 2. The van der Waals surface area contributed by atoms with Crippen molar-refractivity contribution in [3.63, 3.8) is 0 Å². The van der Waals surface area contributed by atoms with Crippen LogP contribution in [-0.2, 0) is 4.79 Å². The fourth-order valence-electron chi connectivity index (χ4n) is 1.08. The van der Waals surface area contributed by atoms with Crippen LogP contribution in [0.5, 0.6) is 5.75 Å². The molecule has 0 amide bonds.